The van der Waals surface area contributed by atoms with Gasteiger partial charge in [0.15, 0.2) is 0 Å². The third kappa shape index (κ3) is 3.58. The fourth-order valence-corrected chi connectivity index (χ4v) is 3.88. The summed E-state index contributed by atoms with van der Waals surface area (Å²) in [5.41, 5.74) is 0.550. The third-order valence-corrected chi connectivity index (χ3v) is 5.04. The highest BCUT2D eigenvalue weighted by Crippen LogP contribution is 2.22. The van der Waals surface area contributed by atoms with Gasteiger partial charge >= 0.3 is 5.97 Å². The Morgan fingerprint density at radius 2 is 1.75 bits per heavy atom. The Balaban J connectivity index is 3.32. The fourth-order valence-electron chi connectivity index (χ4n) is 2.00. The van der Waals surface area contributed by atoms with E-state index in [9.17, 15) is 13.2 Å². The summed E-state index contributed by atoms with van der Waals surface area (Å²) < 4.78 is 26.7. The molecule has 112 valence electrons. The molecule has 0 aromatic heterocycles. The summed E-state index contributed by atoms with van der Waals surface area (Å²) in [7, 11) is -3.64. The fraction of sp³-hybridized carbons (Fsp3) is 0.500. The maximum atomic E-state index is 12.6. The van der Waals surface area contributed by atoms with Crippen LogP contribution in [0.15, 0.2) is 23.1 Å². The molecule has 0 aliphatic heterocycles. The summed E-state index contributed by atoms with van der Waals surface area (Å²) in [5.74, 6) is -1.13. The van der Waals surface area contributed by atoms with Crippen molar-refractivity contribution in [1.82, 2.24) is 4.31 Å². The van der Waals surface area contributed by atoms with E-state index in [2.05, 4.69) is 0 Å². The number of aromatic carboxylic acids is 1. The lowest BCUT2D eigenvalue weighted by atomic mass is 10.1. The van der Waals surface area contributed by atoms with Gasteiger partial charge < -0.3 is 5.11 Å². The summed E-state index contributed by atoms with van der Waals surface area (Å²) >= 11 is 0. The molecule has 1 rings (SSSR count). The summed E-state index contributed by atoms with van der Waals surface area (Å²) in [6.45, 7) is 6.38. The zero-order valence-electron chi connectivity index (χ0n) is 12.1. The lowest BCUT2D eigenvalue weighted by Gasteiger charge is -2.22. The highest BCUT2D eigenvalue weighted by atomic mass is 32.2. The lowest BCUT2D eigenvalue weighted by molar-refractivity contribution is 0.0696. The van der Waals surface area contributed by atoms with Crippen molar-refractivity contribution in [3.8, 4) is 0 Å². The van der Waals surface area contributed by atoms with E-state index in [1.807, 2.05) is 13.8 Å². The third-order valence-electron chi connectivity index (χ3n) is 3.00. The first kappa shape index (κ1) is 16.7. The molecular weight excluding hydrogens is 278 g/mol. The highest BCUT2D eigenvalue weighted by molar-refractivity contribution is 7.89. The Morgan fingerprint density at radius 1 is 1.20 bits per heavy atom. The van der Waals surface area contributed by atoms with Gasteiger partial charge in [-0.15, -0.1) is 0 Å². The van der Waals surface area contributed by atoms with Crippen LogP contribution in [-0.4, -0.2) is 36.9 Å². The number of carboxylic acid groups (broad SMARTS) is 1. The van der Waals surface area contributed by atoms with Crippen LogP contribution in [0.4, 0.5) is 0 Å². The number of aryl methyl sites for hydroxylation is 1. The van der Waals surface area contributed by atoms with E-state index in [1.54, 1.807) is 6.92 Å². The van der Waals surface area contributed by atoms with Gasteiger partial charge in [0.25, 0.3) is 0 Å². The standard InChI is InChI=1S/C14H21NO4S/c1-4-8-15(9-5-2)20(18,19)13-10-12(14(16)17)7-6-11(13)3/h6-7,10H,4-5,8-9H2,1-3H3,(H,16,17). The molecule has 1 aromatic rings. The van der Waals surface area contributed by atoms with E-state index >= 15 is 0 Å². The topological polar surface area (TPSA) is 74.7 Å². The molecule has 6 heteroatoms. The van der Waals surface area contributed by atoms with Gasteiger partial charge in [-0.2, -0.15) is 4.31 Å². The predicted octanol–water partition coefficient (Wildman–Crippen LogP) is 2.50. The van der Waals surface area contributed by atoms with Gasteiger partial charge in [-0.05, 0) is 37.5 Å². The predicted molar refractivity (Wildman–Crippen MR) is 77.5 cm³/mol. The number of sulfonamides is 1. The van der Waals surface area contributed by atoms with Crippen molar-refractivity contribution in [2.75, 3.05) is 13.1 Å². The van der Waals surface area contributed by atoms with Crippen molar-refractivity contribution in [1.29, 1.82) is 0 Å². The van der Waals surface area contributed by atoms with E-state index < -0.39 is 16.0 Å². The van der Waals surface area contributed by atoms with Gasteiger partial charge in [0.05, 0.1) is 10.5 Å². The number of nitrogens with zero attached hydrogens (tertiary/aromatic N) is 1. The monoisotopic (exact) mass is 299 g/mol. The number of rotatable bonds is 7. The van der Waals surface area contributed by atoms with Crippen molar-refractivity contribution in [3.63, 3.8) is 0 Å². The van der Waals surface area contributed by atoms with Crippen LogP contribution in [0.3, 0.4) is 0 Å². The van der Waals surface area contributed by atoms with E-state index in [4.69, 9.17) is 5.11 Å². The molecule has 20 heavy (non-hydrogen) atoms. The summed E-state index contributed by atoms with van der Waals surface area (Å²) in [5, 5.41) is 9.00. The Bertz CT molecular complexity index is 575. The van der Waals surface area contributed by atoms with Crippen molar-refractivity contribution in [3.05, 3.63) is 29.3 Å². The quantitative estimate of drug-likeness (QED) is 0.839. The minimum atomic E-state index is -3.64. The SMILES string of the molecule is CCCN(CCC)S(=O)(=O)c1cc(C(=O)O)ccc1C. The van der Waals surface area contributed by atoms with Crippen molar-refractivity contribution >= 4 is 16.0 Å². The first-order valence-electron chi connectivity index (χ1n) is 6.68. The molecule has 0 spiro atoms. The molecule has 5 nitrogen and oxygen atoms in total. The number of carboxylic acids is 1. The van der Waals surface area contributed by atoms with Gasteiger partial charge in [-0.3, -0.25) is 0 Å². The molecule has 0 saturated heterocycles. The van der Waals surface area contributed by atoms with Gasteiger partial charge in [0.1, 0.15) is 0 Å². The first-order valence-corrected chi connectivity index (χ1v) is 8.12. The van der Waals surface area contributed by atoms with Gasteiger partial charge in [-0.25, -0.2) is 13.2 Å². The normalized spacial score (nSPS) is 11.8. The second-order valence-corrected chi connectivity index (χ2v) is 6.60. The minimum Gasteiger partial charge on any atom is -0.478 e. The molecule has 1 aromatic carbocycles. The number of hydrogen-bond donors (Lipinski definition) is 1. The molecule has 0 unspecified atom stereocenters. The van der Waals surface area contributed by atoms with E-state index in [1.165, 1.54) is 22.5 Å². The average Bonchev–Trinajstić information content (AvgIpc) is 2.38. The maximum Gasteiger partial charge on any atom is 0.335 e. The first-order chi connectivity index (χ1) is 9.34. The zero-order chi connectivity index (χ0) is 15.3. The van der Waals surface area contributed by atoms with Crippen LogP contribution in [0.25, 0.3) is 0 Å². The van der Waals surface area contributed by atoms with Crippen LogP contribution >= 0.6 is 0 Å². The van der Waals surface area contributed by atoms with Crippen LogP contribution in [-0.2, 0) is 10.0 Å². The van der Waals surface area contributed by atoms with E-state index in [0.29, 0.717) is 18.7 Å². The Morgan fingerprint density at radius 3 is 2.20 bits per heavy atom. The molecular formula is C14H21NO4S. The number of hydrogen-bond acceptors (Lipinski definition) is 3. The molecule has 0 saturated carbocycles. The summed E-state index contributed by atoms with van der Waals surface area (Å²) in [6, 6.07) is 4.19. The maximum absolute atomic E-state index is 12.6. The molecule has 0 bridgehead atoms. The highest BCUT2D eigenvalue weighted by Gasteiger charge is 2.25. The number of benzene rings is 1. The van der Waals surface area contributed by atoms with E-state index in [-0.39, 0.29) is 10.5 Å². The molecule has 0 aliphatic carbocycles. The van der Waals surface area contributed by atoms with Crippen LogP contribution < -0.4 is 0 Å². The van der Waals surface area contributed by atoms with Crippen LogP contribution in [0, 0.1) is 6.92 Å². The summed E-state index contributed by atoms with van der Waals surface area (Å²) in [4.78, 5) is 11.1. The lowest BCUT2D eigenvalue weighted by Crippen LogP contribution is -2.33. The van der Waals surface area contributed by atoms with Gasteiger partial charge in [0, 0.05) is 13.1 Å². The largest absolute Gasteiger partial charge is 0.478 e. The average molecular weight is 299 g/mol. The van der Waals surface area contributed by atoms with E-state index in [0.717, 1.165) is 12.8 Å². The molecule has 0 amide bonds. The second-order valence-electron chi connectivity index (χ2n) is 4.69. The van der Waals surface area contributed by atoms with Crippen molar-refractivity contribution in [2.45, 2.75) is 38.5 Å². The Hall–Kier alpha value is -1.40. The number of carbonyl (C=O) groups is 1. The smallest absolute Gasteiger partial charge is 0.335 e. The van der Waals surface area contributed by atoms with Crippen LogP contribution in [0.2, 0.25) is 0 Å². The molecule has 0 heterocycles. The zero-order valence-corrected chi connectivity index (χ0v) is 12.9. The second kappa shape index (κ2) is 6.85. The molecule has 0 atom stereocenters. The van der Waals surface area contributed by atoms with Gasteiger partial charge in [0.2, 0.25) is 10.0 Å². The molecule has 0 fully saturated rings. The summed E-state index contributed by atoms with van der Waals surface area (Å²) in [6.07, 6.45) is 1.44. The Kier molecular flexibility index (Phi) is 5.71. The van der Waals surface area contributed by atoms with Crippen LogP contribution in [0.1, 0.15) is 42.6 Å². The van der Waals surface area contributed by atoms with Gasteiger partial charge in [-0.1, -0.05) is 19.9 Å². The minimum absolute atomic E-state index is 0.0119. The van der Waals surface area contributed by atoms with Crippen molar-refractivity contribution in [2.24, 2.45) is 0 Å². The molecule has 0 radical (unpaired) electrons. The van der Waals surface area contributed by atoms with Crippen molar-refractivity contribution < 1.29 is 18.3 Å². The molecule has 0 aliphatic rings. The van der Waals surface area contributed by atoms with Crippen LogP contribution in [0.5, 0.6) is 0 Å². The molecule has 1 N–H and O–H groups in total. The Labute approximate surface area is 120 Å².